The van der Waals surface area contributed by atoms with Crippen molar-refractivity contribution in [2.75, 3.05) is 7.05 Å². The third-order valence-electron chi connectivity index (χ3n) is 2.54. The van der Waals surface area contributed by atoms with Gasteiger partial charge in [0.2, 0.25) is 0 Å². The van der Waals surface area contributed by atoms with Crippen LogP contribution in [0.2, 0.25) is 0 Å². The summed E-state index contributed by atoms with van der Waals surface area (Å²) in [6.07, 6.45) is 0. The van der Waals surface area contributed by atoms with Crippen molar-refractivity contribution in [2.24, 2.45) is 10.7 Å². The van der Waals surface area contributed by atoms with Crippen LogP contribution in [0.15, 0.2) is 29.3 Å². The number of nitro groups is 1. The van der Waals surface area contributed by atoms with Crippen LogP contribution in [0, 0.1) is 10.1 Å². The van der Waals surface area contributed by atoms with E-state index in [0.29, 0.717) is 10.9 Å². The molecular weight excluding hydrogens is 250 g/mol. The number of hydrogen-bond acceptors (Lipinski definition) is 4. The van der Waals surface area contributed by atoms with Crippen LogP contribution < -0.4 is 11.1 Å². The molecule has 0 fully saturated rings. The van der Waals surface area contributed by atoms with E-state index in [4.69, 9.17) is 5.73 Å². The van der Waals surface area contributed by atoms with E-state index in [2.05, 4.69) is 15.3 Å². The minimum Gasteiger partial charge on any atom is -0.370 e. The lowest BCUT2D eigenvalue weighted by Gasteiger charge is -2.00. The van der Waals surface area contributed by atoms with Gasteiger partial charge >= 0.3 is 0 Å². The van der Waals surface area contributed by atoms with Gasteiger partial charge in [0.1, 0.15) is 5.69 Å². The fraction of sp³-hybridized carbons (Fsp3) is 0.0909. The number of nitrogens with zero attached hydrogens (tertiary/aromatic N) is 2. The first-order valence-corrected chi connectivity index (χ1v) is 5.32. The molecule has 2 aromatic rings. The Hall–Kier alpha value is -2.90. The number of non-ortho nitro benzene ring substituents is 1. The van der Waals surface area contributed by atoms with Crippen LogP contribution in [0.5, 0.6) is 0 Å². The molecule has 0 bridgehead atoms. The van der Waals surface area contributed by atoms with Crippen molar-refractivity contribution in [3.63, 3.8) is 0 Å². The van der Waals surface area contributed by atoms with Gasteiger partial charge in [0.05, 0.1) is 10.4 Å². The molecule has 8 nitrogen and oxygen atoms in total. The summed E-state index contributed by atoms with van der Waals surface area (Å²) in [5.74, 6) is -0.461. The molecule has 1 aromatic carbocycles. The zero-order valence-electron chi connectivity index (χ0n) is 10.0. The molecule has 2 rings (SSSR count). The smallest absolute Gasteiger partial charge is 0.274 e. The van der Waals surface area contributed by atoms with Crippen LogP contribution in [0.1, 0.15) is 10.5 Å². The standard InChI is InChI=1S/C11H11N5O3/c1-13-11(12)15-10(17)9-4-6-2-3-7(16(18)19)5-8(6)14-9/h2-5,14H,1H3,(H3,12,13,15,17). The molecule has 19 heavy (non-hydrogen) atoms. The first-order chi connectivity index (χ1) is 9.01. The van der Waals surface area contributed by atoms with Gasteiger partial charge in [0.25, 0.3) is 11.6 Å². The van der Waals surface area contributed by atoms with Gasteiger partial charge in [-0.2, -0.15) is 0 Å². The second-order valence-electron chi connectivity index (χ2n) is 3.77. The Morgan fingerprint density at radius 3 is 2.84 bits per heavy atom. The first-order valence-electron chi connectivity index (χ1n) is 5.32. The van der Waals surface area contributed by atoms with E-state index in [1.165, 1.54) is 19.2 Å². The van der Waals surface area contributed by atoms with Crippen molar-refractivity contribution in [2.45, 2.75) is 0 Å². The monoisotopic (exact) mass is 261 g/mol. The molecule has 1 aromatic heterocycles. The second-order valence-corrected chi connectivity index (χ2v) is 3.77. The molecule has 0 saturated carbocycles. The highest BCUT2D eigenvalue weighted by Gasteiger charge is 2.12. The Kier molecular flexibility index (Phi) is 3.15. The van der Waals surface area contributed by atoms with Crippen molar-refractivity contribution in [1.82, 2.24) is 10.3 Å². The summed E-state index contributed by atoms with van der Waals surface area (Å²) in [6, 6.07) is 5.89. The number of guanidine groups is 1. The van der Waals surface area contributed by atoms with E-state index < -0.39 is 10.8 Å². The van der Waals surface area contributed by atoms with Gasteiger partial charge in [-0.05, 0) is 12.1 Å². The van der Waals surface area contributed by atoms with Gasteiger partial charge in [0, 0.05) is 24.6 Å². The number of aromatic nitrogens is 1. The van der Waals surface area contributed by atoms with Crippen molar-refractivity contribution in [3.05, 3.63) is 40.1 Å². The Bertz CT molecular complexity index is 689. The maximum absolute atomic E-state index is 11.8. The Morgan fingerprint density at radius 1 is 1.47 bits per heavy atom. The number of aliphatic imine (C=N–C) groups is 1. The molecule has 0 aliphatic heterocycles. The van der Waals surface area contributed by atoms with Crippen LogP contribution in [-0.4, -0.2) is 28.8 Å². The molecule has 0 saturated heterocycles. The van der Waals surface area contributed by atoms with E-state index in [0.717, 1.165) is 0 Å². The lowest BCUT2D eigenvalue weighted by atomic mass is 10.2. The average Bonchev–Trinajstić information content (AvgIpc) is 2.81. The highest BCUT2D eigenvalue weighted by atomic mass is 16.6. The predicted molar refractivity (Wildman–Crippen MR) is 70.0 cm³/mol. The van der Waals surface area contributed by atoms with Gasteiger partial charge in [-0.15, -0.1) is 0 Å². The topological polar surface area (TPSA) is 126 Å². The summed E-state index contributed by atoms with van der Waals surface area (Å²) in [4.78, 5) is 28.3. The second kappa shape index (κ2) is 4.77. The zero-order valence-corrected chi connectivity index (χ0v) is 10.0. The van der Waals surface area contributed by atoms with Gasteiger partial charge < -0.3 is 10.7 Å². The maximum atomic E-state index is 11.8. The molecule has 0 aliphatic carbocycles. The lowest BCUT2D eigenvalue weighted by Crippen LogP contribution is -2.36. The summed E-state index contributed by atoms with van der Waals surface area (Å²) < 4.78 is 0. The number of fused-ring (bicyclic) bond motifs is 1. The van der Waals surface area contributed by atoms with E-state index in [1.54, 1.807) is 12.1 Å². The van der Waals surface area contributed by atoms with Crippen LogP contribution >= 0.6 is 0 Å². The minimum atomic E-state index is -0.498. The molecule has 0 atom stereocenters. The number of rotatable bonds is 2. The number of carbonyl (C=O) groups is 1. The summed E-state index contributed by atoms with van der Waals surface area (Å²) in [5.41, 5.74) is 6.10. The van der Waals surface area contributed by atoms with Crippen LogP contribution in [0.3, 0.4) is 0 Å². The highest BCUT2D eigenvalue weighted by Crippen LogP contribution is 2.21. The van der Waals surface area contributed by atoms with Crippen molar-refractivity contribution < 1.29 is 9.72 Å². The quantitative estimate of drug-likeness (QED) is 0.319. The molecule has 98 valence electrons. The lowest BCUT2D eigenvalue weighted by molar-refractivity contribution is -0.384. The van der Waals surface area contributed by atoms with Gasteiger partial charge in [-0.3, -0.25) is 25.2 Å². The number of H-pyrrole nitrogens is 1. The molecule has 0 radical (unpaired) electrons. The minimum absolute atomic E-state index is 0.00497. The molecule has 1 amide bonds. The van der Waals surface area contributed by atoms with E-state index >= 15 is 0 Å². The van der Waals surface area contributed by atoms with E-state index in [1.807, 2.05) is 0 Å². The summed E-state index contributed by atoms with van der Waals surface area (Å²) in [5, 5.41) is 13.7. The van der Waals surface area contributed by atoms with Crippen molar-refractivity contribution in [3.8, 4) is 0 Å². The zero-order chi connectivity index (χ0) is 14.0. The fourth-order valence-electron chi connectivity index (χ4n) is 1.59. The van der Waals surface area contributed by atoms with Crippen LogP contribution in [0.4, 0.5) is 5.69 Å². The predicted octanol–water partition coefficient (Wildman–Crippen LogP) is 0.750. The summed E-state index contributed by atoms with van der Waals surface area (Å²) >= 11 is 0. The average molecular weight is 261 g/mol. The third kappa shape index (κ3) is 2.51. The number of hydrogen-bond donors (Lipinski definition) is 3. The summed E-state index contributed by atoms with van der Waals surface area (Å²) in [6.45, 7) is 0. The van der Waals surface area contributed by atoms with Crippen molar-refractivity contribution in [1.29, 1.82) is 0 Å². The number of nitrogens with one attached hydrogen (secondary N) is 2. The van der Waals surface area contributed by atoms with Crippen molar-refractivity contribution >= 4 is 28.5 Å². The highest BCUT2D eigenvalue weighted by molar-refractivity contribution is 6.06. The molecule has 4 N–H and O–H groups in total. The number of benzene rings is 1. The normalized spacial score (nSPS) is 11.5. The summed E-state index contributed by atoms with van der Waals surface area (Å²) in [7, 11) is 1.45. The van der Waals surface area contributed by atoms with Crippen LogP contribution in [-0.2, 0) is 0 Å². The Labute approximate surface area is 107 Å². The van der Waals surface area contributed by atoms with Gasteiger partial charge in [-0.1, -0.05) is 0 Å². The molecule has 8 heteroatoms. The Morgan fingerprint density at radius 2 is 2.21 bits per heavy atom. The maximum Gasteiger partial charge on any atom is 0.274 e. The van der Waals surface area contributed by atoms with Gasteiger partial charge in [-0.25, -0.2) is 0 Å². The number of amides is 1. The SMILES string of the molecule is CN=C(N)NC(=O)c1cc2ccc([N+](=O)[O-])cc2[nH]1. The van der Waals surface area contributed by atoms with E-state index in [9.17, 15) is 14.9 Å². The first kappa shape index (κ1) is 12.6. The largest absolute Gasteiger partial charge is 0.370 e. The molecule has 0 spiro atoms. The Balaban J connectivity index is 2.36. The fourth-order valence-corrected chi connectivity index (χ4v) is 1.59. The third-order valence-corrected chi connectivity index (χ3v) is 2.54. The number of nitrogens with two attached hydrogens (primary N) is 1. The molecule has 1 heterocycles. The van der Waals surface area contributed by atoms with Crippen LogP contribution in [0.25, 0.3) is 10.9 Å². The molecule has 0 unspecified atom stereocenters. The molecular formula is C11H11N5O3. The van der Waals surface area contributed by atoms with Gasteiger partial charge in [0.15, 0.2) is 5.96 Å². The number of nitro benzene ring substituents is 1. The molecule has 0 aliphatic rings. The number of carbonyl (C=O) groups excluding carboxylic acids is 1. The number of aromatic amines is 1. The van der Waals surface area contributed by atoms with E-state index in [-0.39, 0.29) is 17.3 Å².